The maximum Gasteiger partial charge on any atom is 0.162 e. The van der Waals surface area contributed by atoms with Crippen LogP contribution in [0.15, 0.2) is 42.5 Å². The molecular formula is C13H11FN4. The van der Waals surface area contributed by atoms with Crippen molar-refractivity contribution in [3.63, 3.8) is 0 Å². The second kappa shape index (κ2) is 4.10. The zero-order chi connectivity index (χ0) is 12.5. The number of benzene rings is 1. The fourth-order valence-corrected chi connectivity index (χ4v) is 1.93. The van der Waals surface area contributed by atoms with Gasteiger partial charge >= 0.3 is 0 Å². The number of halogens is 1. The topological polar surface area (TPSA) is 56.2 Å². The van der Waals surface area contributed by atoms with Gasteiger partial charge in [-0.1, -0.05) is 18.2 Å². The van der Waals surface area contributed by atoms with Gasteiger partial charge in [-0.2, -0.15) is 0 Å². The van der Waals surface area contributed by atoms with E-state index in [2.05, 4.69) is 10.2 Å². The Bertz CT molecular complexity index is 688. The molecule has 0 aliphatic carbocycles. The largest absolute Gasteiger partial charge is 0.385 e. The lowest BCUT2D eigenvalue weighted by atomic mass is 10.1. The Labute approximate surface area is 103 Å². The van der Waals surface area contributed by atoms with E-state index in [4.69, 9.17) is 5.73 Å². The second-order valence-electron chi connectivity index (χ2n) is 4.06. The van der Waals surface area contributed by atoms with Gasteiger partial charge in [-0.3, -0.25) is 4.40 Å². The second-order valence-corrected chi connectivity index (χ2v) is 4.06. The van der Waals surface area contributed by atoms with Gasteiger partial charge in [0.2, 0.25) is 0 Å². The quantitative estimate of drug-likeness (QED) is 0.748. The molecule has 3 aromatic rings. The van der Waals surface area contributed by atoms with Crippen molar-refractivity contribution < 1.29 is 4.39 Å². The predicted octanol–water partition coefficient (Wildman–Crippen LogP) is 2.04. The number of hydrogen-bond acceptors (Lipinski definition) is 3. The first kappa shape index (κ1) is 10.7. The number of aromatic nitrogens is 3. The molecule has 90 valence electrons. The molecule has 0 aliphatic heterocycles. The number of nitrogens with two attached hydrogens (primary N) is 1. The smallest absolute Gasteiger partial charge is 0.162 e. The van der Waals surface area contributed by atoms with Crippen LogP contribution in [0.3, 0.4) is 0 Å². The van der Waals surface area contributed by atoms with E-state index in [1.807, 2.05) is 12.1 Å². The van der Waals surface area contributed by atoms with Crippen molar-refractivity contribution in [1.82, 2.24) is 14.6 Å². The Morgan fingerprint density at radius 2 is 1.83 bits per heavy atom. The van der Waals surface area contributed by atoms with Gasteiger partial charge in [0.05, 0.1) is 0 Å². The molecule has 0 spiro atoms. The fraction of sp³-hybridized carbons (Fsp3) is 0.0769. The summed E-state index contributed by atoms with van der Waals surface area (Å²) in [6.07, 6.45) is 0.565. The Morgan fingerprint density at radius 3 is 2.61 bits per heavy atom. The predicted molar refractivity (Wildman–Crippen MR) is 66.6 cm³/mol. The van der Waals surface area contributed by atoms with Crippen LogP contribution in [-0.4, -0.2) is 14.6 Å². The summed E-state index contributed by atoms with van der Waals surface area (Å²) in [5, 5.41) is 8.17. The minimum Gasteiger partial charge on any atom is -0.385 e. The maximum absolute atomic E-state index is 12.8. The summed E-state index contributed by atoms with van der Waals surface area (Å²) < 4.78 is 14.6. The molecule has 4 nitrogen and oxygen atoms in total. The first-order valence-electron chi connectivity index (χ1n) is 5.57. The molecular weight excluding hydrogens is 231 g/mol. The fourth-order valence-electron chi connectivity index (χ4n) is 1.93. The van der Waals surface area contributed by atoms with Crippen molar-refractivity contribution in [1.29, 1.82) is 0 Å². The SMILES string of the molecule is Nc1cccc2nnc(Cc3ccc(F)cc3)n12. The summed E-state index contributed by atoms with van der Waals surface area (Å²) in [5.74, 6) is 1.09. The molecule has 18 heavy (non-hydrogen) atoms. The molecule has 0 saturated heterocycles. The molecule has 2 heterocycles. The van der Waals surface area contributed by atoms with Crippen LogP contribution in [0.4, 0.5) is 10.2 Å². The van der Waals surface area contributed by atoms with E-state index in [0.717, 1.165) is 11.4 Å². The lowest BCUT2D eigenvalue weighted by molar-refractivity contribution is 0.627. The summed E-state index contributed by atoms with van der Waals surface area (Å²) >= 11 is 0. The van der Waals surface area contributed by atoms with Gasteiger partial charge in [-0.15, -0.1) is 10.2 Å². The van der Waals surface area contributed by atoms with Gasteiger partial charge in [-0.25, -0.2) is 4.39 Å². The van der Waals surface area contributed by atoms with E-state index < -0.39 is 0 Å². The number of nitrogen functional groups attached to an aromatic ring is 1. The van der Waals surface area contributed by atoms with Crippen LogP contribution in [0.5, 0.6) is 0 Å². The minimum absolute atomic E-state index is 0.246. The Balaban J connectivity index is 2.02. The molecule has 2 N–H and O–H groups in total. The zero-order valence-corrected chi connectivity index (χ0v) is 9.55. The number of nitrogens with zero attached hydrogens (tertiary/aromatic N) is 3. The van der Waals surface area contributed by atoms with Gasteiger partial charge in [-0.05, 0) is 29.8 Å². The van der Waals surface area contributed by atoms with Crippen LogP contribution in [0.1, 0.15) is 11.4 Å². The molecule has 0 fully saturated rings. The molecule has 0 atom stereocenters. The maximum atomic E-state index is 12.8. The first-order valence-corrected chi connectivity index (χ1v) is 5.57. The van der Waals surface area contributed by atoms with Crippen molar-refractivity contribution in [3.8, 4) is 0 Å². The number of anilines is 1. The summed E-state index contributed by atoms with van der Waals surface area (Å²) in [5.41, 5.74) is 7.58. The number of rotatable bonds is 2. The highest BCUT2D eigenvalue weighted by atomic mass is 19.1. The van der Waals surface area contributed by atoms with E-state index in [0.29, 0.717) is 17.9 Å². The van der Waals surface area contributed by atoms with Gasteiger partial charge < -0.3 is 5.73 Å². The average molecular weight is 242 g/mol. The third-order valence-corrected chi connectivity index (χ3v) is 2.80. The van der Waals surface area contributed by atoms with Crippen LogP contribution >= 0.6 is 0 Å². The van der Waals surface area contributed by atoms with E-state index in [-0.39, 0.29) is 5.82 Å². The Kier molecular flexibility index (Phi) is 2.44. The normalized spacial score (nSPS) is 10.9. The van der Waals surface area contributed by atoms with Gasteiger partial charge in [0, 0.05) is 6.42 Å². The van der Waals surface area contributed by atoms with Gasteiger partial charge in [0.25, 0.3) is 0 Å². The number of hydrogen-bond donors (Lipinski definition) is 1. The molecule has 3 rings (SSSR count). The van der Waals surface area contributed by atoms with Crippen molar-refractivity contribution in [2.24, 2.45) is 0 Å². The minimum atomic E-state index is -0.246. The summed E-state index contributed by atoms with van der Waals surface area (Å²) in [6, 6.07) is 11.8. The standard InChI is InChI=1S/C13H11FN4/c14-10-6-4-9(5-7-10)8-13-17-16-12-3-1-2-11(15)18(12)13/h1-7H,8,15H2. The Hall–Kier alpha value is -2.43. The van der Waals surface area contributed by atoms with Crippen LogP contribution in [0.25, 0.3) is 5.65 Å². The van der Waals surface area contributed by atoms with Gasteiger partial charge in [0.15, 0.2) is 5.65 Å². The van der Waals surface area contributed by atoms with Gasteiger partial charge in [0.1, 0.15) is 17.5 Å². The van der Waals surface area contributed by atoms with E-state index in [1.54, 1.807) is 22.6 Å². The van der Waals surface area contributed by atoms with E-state index in [9.17, 15) is 4.39 Å². The van der Waals surface area contributed by atoms with Crippen LogP contribution < -0.4 is 5.73 Å². The average Bonchev–Trinajstić information content (AvgIpc) is 2.77. The molecule has 0 bridgehead atoms. The van der Waals surface area contributed by atoms with Crippen molar-refractivity contribution >= 4 is 11.5 Å². The van der Waals surface area contributed by atoms with Crippen LogP contribution in [0, 0.1) is 5.82 Å². The first-order chi connectivity index (χ1) is 8.74. The molecule has 1 aromatic carbocycles. The highest BCUT2D eigenvalue weighted by Crippen LogP contribution is 2.14. The third kappa shape index (κ3) is 1.79. The Morgan fingerprint density at radius 1 is 1.06 bits per heavy atom. The van der Waals surface area contributed by atoms with Crippen molar-refractivity contribution in [3.05, 3.63) is 59.7 Å². The summed E-state index contributed by atoms with van der Waals surface area (Å²) in [7, 11) is 0. The lowest BCUT2D eigenvalue weighted by Crippen LogP contribution is -2.02. The summed E-state index contributed by atoms with van der Waals surface area (Å²) in [6.45, 7) is 0. The zero-order valence-electron chi connectivity index (χ0n) is 9.55. The van der Waals surface area contributed by atoms with E-state index >= 15 is 0 Å². The molecule has 5 heteroatoms. The monoisotopic (exact) mass is 242 g/mol. The van der Waals surface area contributed by atoms with Crippen molar-refractivity contribution in [2.75, 3.05) is 5.73 Å². The molecule has 2 aromatic heterocycles. The van der Waals surface area contributed by atoms with Crippen molar-refractivity contribution in [2.45, 2.75) is 6.42 Å². The number of fused-ring (bicyclic) bond motifs is 1. The van der Waals surface area contributed by atoms with Crippen LogP contribution in [-0.2, 0) is 6.42 Å². The van der Waals surface area contributed by atoms with E-state index in [1.165, 1.54) is 12.1 Å². The third-order valence-electron chi connectivity index (χ3n) is 2.80. The lowest BCUT2D eigenvalue weighted by Gasteiger charge is -2.03. The molecule has 0 saturated carbocycles. The molecule has 0 unspecified atom stereocenters. The molecule has 0 aliphatic rings. The number of pyridine rings is 1. The highest BCUT2D eigenvalue weighted by molar-refractivity contribution is 5.48. The molecule has 0 amide bonds. The van der Waals surface area contributed by atoms with Crippen LogP contribution in [0.2, 0.25) is 0 Å². The highest BCUT2D eigenvalue weighted by Gasteiger charge is 2.08. The molecule has 0 radical (unpaired) electrons. The summed E-state index contributed by atoms with van der Waals surface area (Å²) in [4.78, 5) is 0.